The number of rotatable bonds is 6. The summed E-state index contributed by atoms with van der Waals surface area (Å²) < 4.78 is 9.79. The third-order valence-electron chi connectivity index (χ3n) is 2.54. The summed E-state index contributed by atoms with van der Waals surface area (Å²) in [6, 6.07) is 5.13. The van der Waals surface area contributed by atoms with Crippen LogP contribution in [-0.4, -0.2) is 33.3 Å². The van der Waals surface area contributed by atoms with Crippen molar-refractivity contribution >= 4 is 17.3 Å². The van der Waals surface area contributed by atoms with Crippen LogP contribution < -0.4 is 11.1 Å². The maximum atomic E-state index is 11.6. The highest BCUT2D eigenvalue weighted by atomic mass is 16.5. The number of anilines is 2. The number of methoxy groups -OCH3 is 2. The quantitative estimate of drug-likeness (QED) is 0.596. The number of nitrogens with one attached hydrogen (secondary N) is 1. The molecule has 0 aromatic heterocycles. The van der Waals surface area contributed by atoms with Gasteiger partial charge in [-0.15, -0.1) is 0 Å². The number of carbonyl (C=O) groups excluding carboxylic acids is 1. The van der Waals surface area contributed by atoms with Crippen molar-refractivity contribution in [2.24, 2.45) is 5.92 Å². The standard InChI is InChI=1S/C13H20N2O3/c1-9(8-17-2)7-15-12-5-4-10(14)6-11(12)13(16)18-3/h4-6,9,15H,7-8,14H2,1-3H3. The van der Waals surface area contributed by atoms with E-state index in [4.69, 9.17) is 15.2 Å². The van der Waals surface area contributed by atoms with Gasteiger partial charge in [0.1, 0.15) is 0 Å². The Morgan fingerprint density at radius 1 is 1.44 bits per heavy atom. The van der Waals surface area contributed by atoms with Crippen LogP contribution in [0.1, 0.15) is 17.3 Å². The van der Waals surface area contributed by atoms with Gasteiger partial charge in [0.2, 0.25) is 0 Å². The average molecular weight is 252 g/mol. The van der Waals surface area contributed by atoms with Crippen LogP contribution in [0.15, 0.2) is 18.2 Å². The molecule has 1 unspecified atom stereocenters. The van der Waals surface area contributed by atoms with Crippen LogP contribution in [0.2, 0.25) is 0 Å². The fraction of sp³-hybridized carbons (Fsp3) is 0.462. The van der Waals surface area contributed by atoms with Crippen molar-refractivity contribution in [2.45, 2.75) is 6.92 Å². The van der Waals surface area contributed by atoms with E-state index in [0.717, 1.165) is 5.69 Å². The van der Waals surface area contributed by atoms with Crippen molar-refractivity contribution in [3.05, 3.63) is 23.8 Å². The molecule has 0 aliphatic carbocycles. The summed E-state index contributed by atoms with van der Waals surface area (Å²) in [6.07, 6.45) is 0. The van der Waals surface area contributed by atoms with Crippen LogP contribution in [0.3, 0.4) is 0 Å². The SMILES string of the molecule is COCC(C)CNc1ccc(N)cc1C(=O)OC. The van der Waals surface area contributed by atoms with Gasteiger partial charge in [0.25, 0.3) is 0 Å². The molecule has 0 amide bonds. The lowest BCUT2D eigenvalue weighted by Crippen LogP contribution is -2.17. The topological polar surface area (TPSA) is 73.6 Å². The normalized spacial score (nSPS) is 11.9. The van der Waals surface area contributed by atoms with Crippen molar-refractivity contribution in [3.8, 4) is 0 Å². The van der Waals surface area contributed by atoms with Gasteiger partial charge in [-0.25, -0.2) is 4.79 Å². The van der Waals surface area contributed by atoms with E-state index in [2.05, 4.69) is 12.2 Å². The second kappa shape index (κ2) is 6.86. The highest BCUT2D eigenvalue weighted by Crippen LogP contribution is 2.20. The summed E-state index contributed by atoms with van der Waals surface area (Å²) in [6.45, 7) is 3.43. The third-order valence-corrected chi connectivity index (χ3v) is 2.54. The average Bonchev–Trinajstić information content (AvgIpc) is 2.36. The Bertz CT molecular complexity index is 407. The number of ether oxygens (including phenoxy) is 2. The molecule has 0 aliphatic rings. The first-order valence-electron chi connectivity index (χ1n) is 5.79. The van der Waals surface area contributed by atoms with Gasteiger partial charge >= 0.3 is 5.97 Å². The first-order chi connectivity index (χ1) is 8.58. The number of nitrogen functional groups attached to an aromatic ring is 1. The molecule has 0 saturated carbocycles. The van der Waals surface area contributed by atoms with Gasteiger partial charge in [-0.3, -0.25) is 0 Å². The van der Waals surface area contributed by atoms with Crippen LogP contribution in [-0.2, 0) is 9.47 Å². The number of esters is 1. The Labute approximate surface area is 107 Å². The van der Waals surface area contributed by atoms with Gasteiger partial charge in [0, 0.05) is 25.0 Å². The Hall–Kier alpha value is -1.75. The smallest absolute Gasteiger partial charge is 0.340 e. The molecule has 3 N–H and O–H groups in total. The predicted octanol–water partition coefficient (Wildman–Crippen LogP) is 1.75. The lowest BCUT2D eigenvalue weighted by atomic mass is 10.1. The van der Waals surface area contributed by atoms with Crippen molar-refractivity contribution in [2.75, 3.05) is 38.4 Å². The molecular formula is C13H20N2O3. The van der Waals surface area contributed by atoms with Gasteiger partial charge in [-0.2, -0.15) is 0 Å². The molecule has 0 spiro atoms. The Morgan fingerprint density at radius 3 is 2.78 bits per heavy atom. The number of benzene rings is 1. The molecule has 5 heteroatoms. The molecule has 1 atom stereocenters. The zero-order valence-electron chi connectivity index (χ0n) is 11.0. The minimum atomic E-state index is -0.399. The van der Waals surface area contributed by atoms with Crippen LogP contribution in [0.4, 0.5) is 11.4 Å². The zero-order valence-corrected chi connectivity index (χ0v) is 11.0. The lowest BCUT2D eigenvalue weighted by Gasteiger charge is -2.15. The van der Waals surface area contributed by atoms with E-state index in [9.17, 15) is 4.79 Å². The molecule has 1 aromatic rings. The first kappa shape index (κ1) is 14.3. The summed E-state index contributed by atoms with van der Waals surface area (Å²) in [5.74, 6) is -0.0535. The lowest BCUT2D eigenvalue weighted by molar-refractivity contribution is 0.0602. The fourth-order valence-electron chi connectivity index (χ4n) is 1.62. The summed E-state index contributed by atoms with van der Waals surface area (Å²) in [5.41, 5.74) is 7.37. The van der Waals surface area contributed by atoms with Gasteiger partial charge in [-0.1, -0.05) is 6.92 Å². The molecule has 0 heterocycles. The molecule has 0 aliphatic heterocycles. The fourth-order valence-corrected chi connectivity index (χ4v) is 1.62. The molecule has 0 radical (unpaired) electrons. The summed E-state index contributed by atoms with van der Waals surface area (Å²) in [7, 11) is 3.02. The van der Waals surface area contributed by atoms with E-state index in [-0.39, 0.29) is 0 Å². The van der Waals surface area contributed by atoms with E-state index in [1.165, 1.54) is 7.11 Å². The highest BCUT2D eigenvalue weighted by Gasteiger charge is 2.12. The zero-order chi connectivity index (χ0) is 13.5. The van der Waals surface area contributed by atoms with E-state index in [1.54, 1.807) is 25.3 Å². The molecule has 18 heavy (non-hydrogen) atoms. The van der Waals surface area contributed by atoms with Gasteiger partial charge < -0.3 is 20.5 Å². The Kier molecular flexibility index (Phi) is 5.45. The monoisotopic (exact) mass is 252 g/mol. The minimum Gasteiger partial charge on any atom is -0.465 e. The highest BCUT2D eigenvalue weighted by molar-refractivity contribution is 5.96. The summed E-state index contributed by atoms with van der Waals surface area (Å²) in [5, 5.41) is 3.20. The molecule has 0 bridgehead atoms. The minimum absolute atomic E-state index is 0.345. The van der Waals surface area contributed by atoms with E-state index >= 15 is 0 Å². The molecular weight excluding hydrogens is 232 g/mol. The van der Waals surface area contributed by atoms with Crippen molar-refractivity contribution in [3.63, 3.8) is 0 Å². The molecule has 1 rings (SSSR count). The second-order valence-corrected chi connectivity index (χ2v) is 4.24. The predicted molar refractivity (Wildman–Crippen MR) is 71.7 cm³/mol. The van der Waals surface area contributed by atoms with Crippen LogP contribution in [0.5, 0.6) is 0 Å². The van der Waals surface area contributed by atoms with Crippen LogP contribution >= 0.6 is 0 Å². The largest absolute Gasteiger partial charge is 0.465 e. The number of nitrogens with two attached hydrogens (primary N) is 1. The van der Waals surface area contributed by atoms with Crippen LogP contribution in [0, 0.1) is 5.92 Å². The maximum absolute atomic E-state index is 11.6. The van der Waals surface area contributed by atoms with E-state index in [0.29, 0.717) is 30.3 Å². The molecule has 0 fully saturated rings. The van der Waals surface area contributed by atoms with Crippen LogP contribution in [0.25, 0.3) is 0 Å². The Morgan fingerprint density at radius 2 is 2.17 bits per heavy atom. The number of hydrogen-bond acceptors (Lipinski definition) is 5. The van der Waals surface area contributed by atoms with Gasteiger partial charge in [0.15, 0.2) is 0 Å². The maximum Gasteiger partial charge on any atom is 0.340 e. The molecule has 1 aromatic carbocycles. The van der Waals surface area contributed by atoms with Crippen molar-refractivity contribution in [1.29, 1.82) is 0 Å². The van der Waals surface area contributed by atoms with Gasteiger partial charge in [-0.05, 0) is 24.1 Å². The second-order valence-electron chi connectivity index (χ2n) is 4.24. The summed E-state index contributed by atoms with van der Waals surface area (Å²) >= 11 is 0. The summed E-state index contributed by atoms with van der Waals surface area (Å²) in [4.78, 5) is 11.6. The number of carbonyl (C=O) groups is 1. The number of hydrogen-bond donors (Lipinski definition) is 2. The third kappa shape index (κ3) is 3.92. The van der Waals surface area contributed by atoms with Gasteiger partial charge in [0.05, 0.1) is 19.3 Å². The molecule has 100 valence electrons. The van der Waals surface area contributed by atoms with Crippen molar-refractivity contribution in [1.82, 2.24) is 0 Å². The molecule has 5 nitrogen and oxygen atoms in total. The molecule has 0 saturated heterocycles. The Balaban J connectivity index is 2.78. The van der Waals surface area contributed by atoms with E-state index < -0.39 is 5.97 Å². The first-order valence-corrected chi connectivity index (χ1v) is 5.79. The van der Waals surface area contributed by atoms with Crippen molar-refractivity contribution < 1.29 is 14.3 Å². The van der Waals surface area contributed by atoms with E-state index in [1.807, 2.05) is 0 Å².